The van der Waals surface area contributed by atoms with Gasteiger partial charge < -0.3 is 5.32 Å². The molecule has 1 amide bonds. The summed E-state index contributed by atoms with van der Waals surface area (Å²) >= 11 is 1.38. The first kappa shape index (κ1) is 15.4. The normalized spacial score (nSPS) is 11.8. The molecule has 0 saturated carbocycles. The molecule has 0 aromatic carbocycles. The summed E-state index contributed by atoms with van der Waals surface area (Å²) in [7, 11) is 0. The van der Waals surface area contributed by atoms with Crippen LogP contribution in [0.5, 0.6) is 0 Å². The van der Waals surface area contributed by atoms with Gasteiger partial charge in [0.05, 0.1) is 23.9 Å². The lowest BCUT2D eigenvalue weighted by Crippen LogP contribution is -2.23. The number of amides is 1. The van der Waals surface area contributed by atoms with Crippen molar-refractivity contribution in [1.82, 2.24) is 24.9 Å². The summed E-state index contributed by atoms with van der Waals surface area (Å²) in [4.78, 5) is 20.2. The topological polar surface area (TPSA) is 72.2 Å². The van der Waals surface area contributed by atoms with E-state index in [1.165, 1.54) is 18.3 Å². The lowest BCUT2D eigenvalue weighted by Gasteiger charge is -2.09. The zero-order valence-electron chi connectivity index (χ0n) is 11.8. The van der Waals surface area contributed by atoms with E-state index in [0.717, 1.165) is 12.3 Å². The lowest BCUT2D eigenvalue weighted by atomic mass is 10.2. The molecule has 0 atom stereocenters. The Morgan fingerprint density at radius 2 is 2.22 bits per heavy atom. The number of alkyl halides is 3. The number of hydrogen-bond donors (Lipinski definition) is 1. The molecule has 10 heteroatoms. The molecule has 0 saturated heterocycles. The van der Waals surface area contributed by atoms with Gasteiger partial charge in [-0.2, -0.15) is 18.3 Å². The number of halogens is 3. The second-order valence-electron chi connectivity index (χ2n) is 4.74. The van der Waals surface area contributed by atoms with Gasteiger partial charge in [-0.25, -0.2) is 14.5 Å². The van der Waals surface area contributed by atoms with Gasteiger partial charge in [0, 0.05) is 11.1 Å². The van der Waals surface area contributed by atoms with Crippen LogP contribution in [0.25, 0.3) is 5.65 Å². The lowest BCUT2D eigenvalue weighted by molar-refractivity contribution is -0.142. The minimum absolute atomic E-state index is 0.0190. The number of rotatable bonds is 3. The molecule has 120 valence electrons. The molecule has 0 aliphatic carbocycles. The van der Waals surface area contributed by atoms with E-state index in [2.05, 4.69) is 20.4 Å². The summed E-state index contributed by atoms with van der Waals surface area (Å²) in [6.45, 7) is 1.61. The zero-order valence-corrected chi connectivity index (χ0v) is 12.6. The van der Waals surface area contributed by atoms with Crippen molar-refractivity contribution >= 4 is 22.9 Å². The molecule has 3 rings (SSSR count). The fourth-order valence-corrected chi connectivity index (χ4v) is 2.60. The van der Waals surface area contributed by atoms with Gasteiger partial charge in [0.25, 0.3) is 5.91 Å². The van der Waals surface area contributed by atoms with Gasteiger partial charge in [-0.3, -0.25) is 4.79 Å². The number of hydrogen-bond acceptors (Lipinski definition) is 5. The van der Waals surface area contributed by atoms with E-state index in [4.69, 9.17) is 0 Å². The van der Waals surface area contributed by atoms with Crippen LogP contribution < -0.4 is 5.32 Å². The van der Waals surface area contributed by atoms with Crippen LogP contribution in [0.2, 0.25) is 0 Å². The maximum atomic E-state index is 13.0. The molecule has 1 N–H and O–H groups in total. The molecule has 23 heavy (non-hydrogen) atoms. The maximum absolute atomic E-state index is 13.0. The molecular formula is C13H10F3N5OS. The van der Waals surface area contributed by atoms with E-state index < -0.39 is 17.8 Å². The highest BCUT2D eigenvalue weighted by atomic mass is 32.1. The number of carbonyl (C=O) groups excluding carboxylic acids is 1. The summed E-state index contributed by atoms with van der Waals surface area (Å²) in [6.07, 6.45) is -3.51. The molecule has 0 bridgehead atoms. The third-order valence-electron chi connectivity index (χ3n) is 3.05. The second kappa shape index (κ2) is 5.61. The van der Waals surface area contributed by atoms with Crippen LogP contribution >= 0.6 is 11.3 Å². The molecule has 3 aromatic rings. The second-order valence-corrected chi connectivity index (χ2v) is 5.46. The first-order valence-electron chi connectivity index (χ1n) is 6.44. The minimum Gasteiger partial charge on any atom is -0.346 e. The van der Waals surface area contributed by atoms with Crippen molar-refractivity contribution < 1.29 is 18.0 Å². The van der Waals surface area contributed by atoms with Crippen LogP contribution in [0.15, 0.2) is 23.2 Å². The third-order valence-corrected chi connectivity index (χ3v) is 3.68. The molecule has 3 heterocycles. The third kappa shape index (κ3) is 3.02. The quantitative estimate of drug-likeness (QED) is 0.794. The first-order chi connectivity index (χ1) is 10.9. The molecule has 0 aliphatic heterocycles. The Bertz CT molecular complexity index is 856. The van der Waals surface area contributed by atoms with Crippen LogP contribution in [0, 0.1) is 6.92 Å². The van der Waals surface area contributed by atoms with Crippen LogP contribution in [-0.4, -0.2) is 25.5 Å². The molecule has 0 spiro atoms. The van der Waals surface area contributed by atoms with Gasteiger partial charge >= 0.3 is 6.18 Å². The average Bonchev–Trinajstić information content (AvgIpc) is 3.12. The van der Waals surface area contributed by atoms with Crippen molar-refractivity contribution in [2.75, 3.05) is 0 Å². The van der Waals surface area contributed by atoms with Crippen molar-refractivity contribution in [2.45, 2.75) is 19.6 Å². The van der Waals surface area contributed by atoms with Crippen LogP contribution in [0.4, 0.5) is 13.2 Å². The number of carbonyl (C=O) groups is 1. The zero-order chi connectivity index (χ0) is 16.6. The molecule has 0 aliphatic rings. The van der Waals surface area contributed by atoms with Crippen molar-refractivity contribution in [2.24, 2.45) is 0 Å². The molecule has 0 fully saturated rings. The van der Waals surface area contributed by atoms with Gasteiger partial charge in [-0.15, -0.1) is 11.3 Å². The number of nitrogens with zero attached hydrogens (tertiary/aromatic N) is 4. The number of aromatic nitrogens is 4. The fourth-order valence-electron chi connectivity index (χ4n) is 2.04. The van der Waals surface area contributed by atoms with Gasteiger partial charge in [-0.1, -0.05) is 0 Å². The van der Waals surface area contributed by atoms with Gasteiger partial charge in [0.15, 0.2) is 5.65 Å². The van der Waals surface area contributed by atoms with Crippen molar-refractivity contribution in [3.8, 4) is 0 Å². The van der Waals surface area contributed by atoms with Crippen LogP contribution in [-0.2, 0) is 12.7 Å². The number of thiazole rings is 1. The summed E-state index contributed by atoms with van der Waals surface area (Å²) in [5.41, 5.74) is 1.32. The summed E-state index contributed by atoms with van der Waals surface area (Å²) in [5, 5.41) is 8.00. The van der Waals surface area contributed by atoms with E-state index in [0.29, 0.717) is 10.2 Å². The minimum atomic E-state index is -4.59. The Balaban J connectivity index is 1.95. The van der Waals surface area contributed by atoms with Crippen molar-refractivity contribution in [3.05, 3.63) is 45.8 Å². The first-order valence-corrected chi connectivity index (χ1v) is 7.38. The Hall–Kier alpha value is -2.49. The fraction of sp³-hybridized carbons (Fsp3) is 0.231. The Labute approximate surface area is 132 Å². The summed E-state index contributed by atoms with van der Waals surface area (Å²) in [6, 6.07) is 0.886. The van der Waals surface area contributed by atoms with Gasteiger partial charge in [-0.05, 0) is 13.0 Å². The smallest absolute Gasteiger partial charge is 0.346 e. The van der Waals surface area contributed by atoms with E-state index in [-0.39, 0.29) is 23.4 Å². The number of fused-ring (bicyclic) bond motifs is 1. The highest BCUT2D eigenvalue weighted by Crippen LogP contribution is 2.30. The summed E-state index contributed by atoms with van der Waals surface area (Å²) < 4.78 is 39.8. The molecule has 3 aromatic heterocycles. The van der Waals surface area contributed by atoms with E-state index in [1.807, 2.05) is 0 Å². The largest absolute Gasteiger partial charge is 0.433 e. The Morgan fingerprint density at radius 1 is 1.43 bits per heavy atom. The maximum Gasteiger partial charge on any atom is 0.433 e. The molecule has 0 radical (unpaired) electrons. The van der Waals surface area contributed by atoms with Crippen LogP contribution in [0.3, 0.4) is 0 Å². The van der Waals surface area contributed by atoms with Gasteiger partial charge in [0.2, 0.25) is 0 Å². The predicted octanol–water partition coefficient (Wildman–Crippen LogP) is 2.44. The number of nitrogens with one attached hydrogen (secondary N) is 1. The SMILES string of the molecule is Cc1cc(C(F)(F)F)n2ncc(C(=O)NCc3cscn3)c2n1. The van der Waals surface area contributed by atoms with Crippen molar-refractivity contribution in [3.63, 3.8) is 0 Å². The predicted molar refractivity (Wildman–Crippen MR) is 76.0 cm³/mol. The highest BCUT2D eigenvalue weighted by molar-refractivity contribution is 7.07. The van der Waals surface area contributed by atoms with Crippen LogP contribution in [0.1, 0.15) is 27.4 Å². The molecular weight excluding hydrogens is 331 g/mol. The Kier molecular flexibility index (Phi) is 3.76. The average molecular weight is 341 g/mol. The van der Waals surface area contributed by atoms with E-state index in [1.54, 1.807) is 10.9 Å². The van der Waals surface area contributed by atoms with E-state index >= 15 is 0 Å². The monoisotopic (exact) mass is 341 g/mol. The highest BCUT2D eigenvalue weighted by Gasteiger charge is 2.35. The Morgan fingerprint density at radius 3 is 2.87 bits per heavy atom. The van der Waals surface area contributed by atoms with Gasteiger partial charge in [0.1, 0.15) is 11.3 Å². The molecule has 0 unspecified atom stereocenters. The van der Waals surface area contributed by atoms with E-state index in [9.17, 15) is 18.0 Å². The molecule has 6 nitrogen and oxygen atoms in total. The number of aryl methyl sites for hydroxylation is 1. The van der Waals surface area contributed by atoms with Crippen molar-refractivity contribution in [1.29, 1.82) is 0 Å². The summed E-state index contributed by atoms with van der Waals surface area (Å²) in [5.74, 6) is -0.556. The standard InChI is InChI=1S/C13H10F3N5OS/c1-7-2-10(13(14,15)16)21-11(20-7)9(4-19-21)12(22)17-3-8-5-23-6-18-8/h2,4-6H,3H2,1H3,(H,17,22).